The SMILES string of the molecule is COc1cc(CNC(=O)CN(c2ccc(C(C)C)cc2)S(=O)(=O)c2ccccc2)cc(OC)c1OC. The van der Waals surface area contributed by atoms with E-state index in [0.717, 1.165) is 9.87 Å². The zero-order valence-corrected chi connectivity index (χ0v) is 22.0. The van der Waals surface area contributed by atoms with E-state index in [9.17, 15) is 13.2 Å². The molecule has 3 aromatic carbocycles. The Morgan fingerprint density at radius 1 is 0.889 bits per heavy atom. The van der Waals surface area contributed by atoms with Gasteiger partial charge in [-0.1, -0.05) is 44.2 Å². The van der Waals surface area contributed by atoms with Crippen LogP contribution in [-0.2, 0) is 21.4 Å². The highest BCUT2D eigenvalue weighted by Gasteiger charge is 2.27. The van der Waals surface area contributed by atoms with Crippen molar-refractivity contribution in [2.45, 2.75) is 31.2 Å². The number of carbonyl (C=O) groups excluding carboxylic acids is 1. The summed E-state index contributed by atoms with van der Waals surface area (Å²) in [6.45, 7) is 3.87. The Balaban J connectivity index is 1.86. The van der Waals surface area contributed by atoms with Crippen LogP contribution in [0, 0.1) is 0 Å². The third-order valence-electron chi connectivity index (χ3n) is 5.68. The molecule has 192 valence electrons. The summed E-state index contributed by atoms with van der Waals surface area (Å²) in [5, 5.41) is 2.80. The standard InChI is InChI=1S/C27H32N2O6S/c1-19(2)21-11-13-22(14-12-21)29(36(31,32)23-9-7-6-8-10-23)18-26(30)28-17-20-15-24(33-3)27(35-5)25(16-20)34-4/h6-16,19H,17-18H2,1-5H3,(H,28,30). The number of benzene rings is 3. The zero-order valence-electron chi connectivity index (χ0n) is 21.1. The van der Waals surface area contributed by atoms with Crippen molar-refractivity contribution in [2.24, 2.45) is 0 Å². The van der Waals surface area contributed by atoms with Crippen LogP contribution in [0.25, 0.3) is 0 Å². The van der Waals surface area contributed by atoms with Gasteiger partial charge in [-0.3, -0.25) is 9.10 Å². The molecule has 0 heterocycles. The summed E-state index contributed by atoms with van der Waals surface area (Å²) in [6.07, 6.45) is 0. The molecular formula is C27H32N2O6S. The van der Waals surface area contributed by atoms with Crippen molar-refractivity contribution < 1.29 is 27.4 Å². The molecule has 0 bridgehead atoms. The minimum absolute atomic E-state index is 0.107. The van der Waals surface area contributed by atoms with E-state index in [1.54, 1.807) is 42.5 Å². The molecule has 0 spiro atoms. The average molecular weight is 513 g/mol. The number of amides is 1. The van der Waals surface area contributed by atoms with Gasteiger partial charge < -0.3 is 19.5 Å². The van der Waals surface area contributed by atoms with Crippen LogP contribution in [-0.4, -0.2) is 42.2 Å². The number of rotatable bonds is 11. The Kier molecular flexibility index (Phi) is 8.82. The second-order valence-electron chi connectivity index (χ2n) is 8.38. The second-order valence-corrected chi connectivity index (χ2v) is 10.2. The average Bonchev–Trinajstić information content (AvgIpc) is 2.90. The van der Waals surface area contributed by atoms with Gasteiger partial charge in [-0.25, -0.2) is 8.42 Å². The summed E-state index contributed by atoms with van der Waals surface area (Å²) < 4.78 is 44.2. The summed E-state index contributed by atoms with van der Waals surface area (Å²) in [5.74, 6) is 1.19. The van der Waals surface area contributed by atoms with E-state index < -0.39 is 15.9 Å². The van der Waals surface area contributed by atoms with Gasteiger partial charge in [0.25, 0.3) is 10.0 Å². The molecule has 8 nitrogen and oxygen atoms in total. The number of nitrogens with one attached hydrogen (secondary N) is 1. The quantitative estimate of drug-likeness (QED) is 0.411. The van der Waals surface area contributed by atoms with Gasteiger partial charge in [0.1, 0.15) is 6.54 Å². The highest BCUT2D eigenvalue weighted by Crippen LogP contribution is 2.38. The Labute approximate surface area is 212 Å². The Morgan fingerprint density at radius 2 is 1.47 bits per heavy atom. The molecule has 0 saturated heterocycles. The van der Waals surface area contributed by atoms with Crippen LogP contribution in [0.15, 0.2) is 71.6 Å². The maximum absolute atomic E-state index is 13.5. The molecule has 0 saturated carbocycles. The normalized spacial score (nSPS) is 11.2. The van der Waals surface area contributed by atoms with Crippen LogP contribution in [0.3, 0.4) is 0 Å². The molecule has 0 aliphatic carbocycles. The summed E-state index contributed by atoms with van der Waals surface area (Å²) in [6, 6.07) is 18.7. The van der Waals surface area contributed by atoms with E-state index in [1.807, 2.05) is 12.1 Å². The second kappa shape index (κ2) is 11.8. The van der Waals surface area contributed by atoms with Crippen LogP contribution in [0.5, 0.6) is 17.2 Å². The predicted molar refractivity (Wildman–Crippen MR) is 139 cm³/mol. The van der Waals surface area contributed by atoms with Crippen molar-refractivity contribution >= 4 is 21.6 Å². The van der Waals surface area contributed by atoms with Gasteiger partial charge in [-0.15, -0.1) is 0 Å². The first-order valence-corrected chi connectivity index (χ1v) is 12.9. The van der Waals surface area contributed by atoms with Crippen molar-refractivity contribution in [1.82, 2.24) is 5.32 Å². The lowest BCUT2D eigenvalue weighted by molar-refractivity contribution is -0.119. The van der Waals surface area contributed by atoms with Crippen LogP contribution < -0.4 is 23.8 Å². The van der Waals surface area contributed by atoms with Crippen LogP contribution in [0.1, 0.15) is 30.9 Å². The number of nitrogens with zero attached hydrogens (tertiary/aromatic N) is 1. The molecule has 0 aromatic heterocycles. The van der Waals surface area contributed by atoms with Gasteiger partial charge in [0.05, 0.1) is 31.9 Å². The van der Waals surface area contributed by atoms with Crippen LogP contribution in [0.4, 0.5) is 5.69 Å². The molecule has 3 aromatic rings. The molecule has 9 heteroatoms. The molecule has 0 fully saturated rings. The molecule has 1 N–H and O–H groups in total. The number of methoxy groups -OCH3 is 3. The maximum atomic E-state index is 13.5. The lowest BCUT2D eigenvalue weighted by Gasteiger charge is -2.24. The molecule has 0 unspecified atom stereocenters. The van der Waals surface area contributed by atoms with Gasteiger partial charge in [-0.2, -0.15) is 0 Å². The molecule has 0 radical (unpaired) electrons. The van der Waals surface area contributed by atoms with E-state index in [4.69, 9.17) is 14.2 Å². The fraction of sp³-hybridized carbons (Fsp3) is 0.296. The summed E-state index contributed by atoms with van der Waals surface area (Å²) in [5.41, 5.74) is 2.19. The third kappa shape index (κ3) is 6.09. The first-order chi connectivity index (χ1) is 17.2. The van der Waals surface area contributed by atoms with Gasteiger partial charge in [0.2, 0.25) is 11.7 Å². The first kappa shape index (κ1) is 26.9. The fourth-order valence-corrected chi connectivity index (χ4v) is 5.13. The van der Waals surface area contributed by atoms with E-state index in [2.05, 4.69) is 19.2 Å². The zero-order chi connectivity index (χ0) is 26.3. The van der Waals surface area contributed by atoms with Gasteiger partial charge in [-0.05, 0) is 53.4 Å². The summed E-state index contributed by atoms with van der Waals surface area (Å²) in [7, 11) is 0.552. The Hall–Kier alpha value is -3.72. The fourth-order valence-electron chi connectivity index (χ4n) is 3.68. The lowest BCUT2D eigenvalue weighted by Crippen LogP contribution is -2.40. The largest absolute Gasteiger partial charge is 0.493 e. The first-order valence-electron chi connectivity index (χ1n) is 11.4. The van der Waals surface area contributed by atoms with Gasteiger partial charge >= 0.3 is 0 Å². The van der Waals surface area contributed by atoms with Crippen molar-refractivity contribution in [3.63, 3.8) is 0 Å². The topological polar surface area (TPSA) is 94.2 Å². The number of hydrogen-bond acceptors (Lipinski definition) is 6. The predicted octanol–water partition coefficient (Wildman–Crippen LogP) is 4.35. The van der Waals surface area contributed by atoms with Crippen molar-refractivity contribution in [3.05, 3.63) is 77.9 Å². The molecular weight excluding hydrogens is 480 g/mol. The summed E-state index contributed by atoms with van der Waals surface area (Å²) in [4.78, 5) is 13.1. The highest BCUT2D eigenvalue weighted by molar-refractivity contribution is 7.92. The molecule has 3 rings (SSSR count). The number of hydrogen-bond donors (Lipinski definition) is 1. The maximum Gasteiger partial charge on any atom is 0.264 e. The number of sulfonamides is 1. The van der Waals surface area contributed by atoms with Crippen molar-refractivity contribution in [3.8, 4) is 17.2 Å². The number of anilines is 1. The molecule has 0 aliphatic heterocycles. The molecule has 1 amide bonds. The minimum atomic E-state index is -3.98. The lowest BCUT2D eigenvalue weighted by atomic mass is 10.0. The Bertz CT molecular complexity index is 1250. The molecule has 0 aliphatic rings. The summed E-state index contributed by atoms with van der Waals surface area (Å²) >= 11 is 0. The van der Waals surface area contributed by atoms with Crippen molar-refractivity contribution in [1.29, 1.82) is 0 Å². The molecule has 36 heavy (non-hydrogen) atoms. The highest BCUT2D eigenvalue weighted by atomic mass is 32.2. The van der Waals surface area contributed by atoms with Gasteiger partial charge in [0, 0.05) is 6.54 Å². The van der Waals surface area contributed by atoms with E-state index in [-0.39, 0.29) is 18.0 Å². The smallest absolute Gasteiger partial charge is 0.264 e. The Morgan fingerprint density at radius 3 is 1.97 bits per heavy atom. The number of carbonyl (C=O) groups is 1. The van der Waals surface area contributed by atoms with Crippen molar-refractivity contribution in [2.75, 3.05) is 32.2 Å². The van der Waals surface area contributed by atoms with E-state index >= 15 is 0 Å². The number of ether oxygens (including phenoxy) is 3. The molecule has 0 atom stereocenters. The minimum Gasteiger partial charge on any atom is -0.493 e. The monoisotopic (exact) mass is 512 g/mol. The van der Waals surface area contributed by atoms with E-state index in [1.165, 1.54) is 33.5 Å². The third-order valence-corrected chi connectivity index (χ3v) is 7.47. The van der Waals surface area contributed by atoms with E-state index in [0.29, 0.717) is 34.4 Å². The van der Waals surface area contributed by atoms with Crippen LogP contribution >= 0.6 is 0 Å². The van der Waals surface area contributed by atoms with Gasteiger partial charge in [0.15, 0.2) is 11.5 Å². The van der Waals surface area contributed by atoms with Crippen LogP contribution in [0.2, 0.25) is 0 Å².